The first-order valence-corrected chi connectivity index (χ1v) is 14.1. The number of benzene rings is 1. The van der Waals surface area contributed by atoms with Gasteiger partial charge in [0, 0.05) is 56.6 Å². The summed E-state index contributed by atoms with van der Waals surface area (Å²) in [6.45, 7) is 11.0. The zero-order valence-corrected chi connectivity index (χ0v) is 22.6. The van der Waals surface area contributed by atoms with Crippen molar-refractivity contribution in [1.82, 2.24) is 19.4 Å². The van der Waals surface area contributed by atoms with Crippen molar-refractivity contribution < 1.29 is 14.3 Å². The number of fused-ring (bicyclic) bond motifs is 1. The molecule has 8 heteroatoms. The molecule has 0 radical (unpaired) electrons. The van der Waals surface area contributed by atoms with Gasteiger partial charge in [-0.1, -0.05) is 24.3 Å². The van der Waals surface area contributed by atoms with E-state index in [2.05, 4.69) is 71.3 Å². The SMILES string of the molecule is CC(C)N1CCC(c2ccc(-c3cc4c(N5CCN(C(=O)O[C@@H]6CCOC6)CC5)ccnn4c3)cc2)CC1. The monoisotopic (exact) mass is 517 g/mol. The number of rotatable bonds is 5. The minimum absolute atomic E-state index is 0.105. The minimum atomic E-state index is -0.223. The van der Waals surface area contributed by atoms with Gasteiger partial charge in [0.25, 0.3) is 0 Å². The summed E-state index contributed by atoms with van der Waals surface area (Å²) in [5.41, 5.74) is 6.08. The van der Waals surface area contributed by atoms with Gasteiger partial charge in [0.1, 0.15) is 6.10 Å². The van der Waals surface area contributed by atoms with Crippen molar-refractivity contribution >= 4 is 17.3 Å². The number of anilines is 1. The molecule has 0 unspecified atom stereocenters. The van der Waals surface area contributed by atoms with Crippen molar-refractivity contribution in [2.75, 3.05) is 57.4 Å². The third kappa shape index (κ3) is 5.24. The number of carbonyl (C=O) groups excluding carboxylic acids is 1. The maximum atomic E-state index is 12.5. The van der Waals surface area contributed by atoms with E-state index in [0.29, 0.717) is 38.3 Å². The topological polar surface area (TPSA) is 62.5 Å². The summed E-state index contributed by atoms with van der Waals surface area (Å²) in [4.78, 5) is 19.3. The largest absolute Gasteiger partial charge is 0.444 e. The van der Waals surface area contributed by atoms with Gasteiger partial charge >= 0.3 is 6.09 Å². The molecule has 0 bridgehead atoms. The minimum Gasteiger partial charge on any atom is -0.444 e. The Morgan fingerprint density at radius 3 is 2.42 bits per heavy atom. The number of ether oxygens (including phenoxy) is 2. The van der Waals surface area contributed by atoms with Crippen LogP contribution in [0.4, 0.5) is 10.5 Å². The molecule has 1 aromatic carbocycles. The van der Waals surface area contributed by atoms with E-state index in [1.807, 2.05) is 15.6 Å². The highest BCUT2D eigenvalue weighted by molar-refractivity contribution is 5.80. The lowest BCUT2D eigenvalue weighted by Gasteiger charge is -2.36. The first-order chi connectivity index (χ1) is 18.5. The predicted molar refractivity (Wildman–Crippen MR) is 149 cm³/mol. The Morgan fingerprint density at radius 1 is 0.974 bits per heavy atom. The van der Waals surface area contributed by atoms with Crippen molar-refractivity contribution in [2.24, 2.45) is 0 Å². The summed E-state index contributed by atoms with van der Waals surface area (Å²) < 4.78 is 12.9. The van der Waals surface area contributed by atoms with Crippen molar-refractivity contribution in [3.8, 4) is 11.1 Å². The van der Waals surface area contributed by atoms with Gasteiger partial charge in [0.05, 0.1) is 24.4 Å². The Balaban J connectivity index is 1.12. The highest BCUT2D eigenvalue weighted by Gasteiger charge is 2.27. The van der Waals surface area contributed by atoms with Gasteiger partial charge in [0.15, 0.2) is 0 Å². The second-order valence-electron chi connectivity index (χ2n) is 11.1. The molecule has 1 amide bonds. The van der Waals surface area contributed by atoms with Gasteiger partial charge in [-0.15, -0.1) is 0 Å². The number of carbonyl (C=O) groups is 1. The van der Waals surface area contributed by atoms with Crippen LogP contribution >= 0.6 is 0 Å². The molecule has 6 rings (SSSR count). The van der Waals surface area contributed by atoms with Crippen LogP contribution < -0.4 is 4.90 Å². The van der Waals surface area contributed by atoms with Crippen LogP contribution in [0.3, 0.4) is 0 Å². The number of likely N-dealkylation sites (tertiary alicyclic amines) is 1. The molecule has 0 saturated carbocycles. The normalized spacial score (nSPS) is 21.5. The van der Waals surface area contributed by atoms with Gasteiger partial charge in [-0.3, -0.25) is 0 Å². The van der Waals surface area contributed by atoms with Gasteiger partial charge in [-0.05, 0) is 69.0 Å². The highest BCUT2D eigenvalue weighted by Crippen LogP contribution is 2.32. The Labute approximate surface area is 225 Å². The van der Waals surface area contributed by atoms with Crippen molar-refractivity contribution in [3.63, 3.8) is 0 Å². The summed E-state index contributed by atoms with van der Waals surface area (Å²) in [6, 6.07) is 14.1. The van der Waals surface area contributed by atoms with Crippen molar-refractivity contribution in [3.05, 3.63) is 54.4 Å². The molecule has 8 nitrogen and oxygen atoms in total. The number of piperazine rings is 1. The van der Waals surface area contributed by atoms with Crippen LogP contribution in [0.5, 0.6) is 0 Å². The molecule has 0 spiro atoms. The standard InChI is InChI=1S/C30H39N5O3/c1-22(2)32-12-8-25(9-13-32)23-3-5-24(6-4-23)26-19-29-28(7-11-31-35(29)20-26)33-14-16-34(17-15-33)30(36)38-27-10-18-37-21-27/h3-7,11,19-20,22,25,27H,8-10,12-18,21H2,1-2H3/t27-/m1/s1. The van der Waals surface area contributed by atoms with Gasteiger partial charge in [0.2, 0.25) is 0 Å². The fraction of sp³-hybridized carbons (Fsp3) is 0.533. The maximum Gasteiger partial charge on any atom is 0.410 e. The summed E-state index contributed by atoms with van der Waals surface area (Å²) in [7, 11) is 0. The third-order valence-electron chi connectivity index (χ3n) is 8.50. The molecule has 3 aromatic rings. The quantitative estimate of drug-likeness (QED) is 0.492. The molecule has 5 heterocycles. The summed E-state index contributed by atoms with van der Waals surface area (Å²) in [6.07, 6.45) is 6.91. The van der Waals surface area contributed by atoms with E-state index in [-0.39, 0.29) is 12.2 Å². The van der Waals surface area contributed by atoms with E-state index in [9.17, 15) is 4.79 Å². The lowest BCUT2D eigenvalue weighted by atomic mass is 9.88. The number of amides is 1. The van der Waals surface area contributed by atoms with E-state index >= 15 is 0 Å². The van der Waals surface area contributed by atoms with Crippen LogP contribution in [0.15, 0.2) is 48.8 Å². The molecular weight excluding hydrogens is 478 g/mol. The molecule has 1 atom stereocenters. The van der Waals surface area contributed by atoms with E-state index in [1.165, 1.54) is 42.6 Å². The first-order valence-electron chi connectivity index (χ1n) is 14.1. The lowest BCUT2D eigenvalue weighted by molar-refractivity contribution is 0.0534. The van der Waals surface area contributed by atoms with Crippen molar-refractivity contribution in [1.29, 1.82) is 0 Å². The number of aromatic nitrogens is 2. The molecule has 3 saturated heterocycles. The first kappa shape index (κ1) is 25.2. The van der Waals surface area contributed by atoms with E-state index in [4.69, 9.17) is 9.47 Å². The fourth-order valence-electron chi connectivity index (χ4n) is 6.08. The van der Waals surface area contributed by atoms with Gasteiger partial charge in [-0.2, -0.15) is 5.10 Å². The zero-order valence-electron chi connectivity index (χ0n) is 22.6. The number of nitrogens with zero attached hydrogens (tertiary/aromatic N) is 5. The lowest BCUT2D eigenvalue weighted by Crippen LogP contribution is -2.49. The summed E-state index contributed by atoms with van der Waals surface area (Å²) >= 11 is 0. The van der Waals surface area contributed by atoms with E-state index in [1.54, 1.807) is 0 Å². The van der Waals surface area contributed by atoms with Crippen LogP contribution in [-0.4, -0.2) is 90.1 Å². The van der Waals surface area contributed by atoms with Crippen LogP contribution in [-0.2, 0) is 9.47 Å². The second-order valence-corrected chi connectivity index (χ2v) is 11.1. The van der Waals surface area contributed by atoms with E-state index in [0.717, 1.165) is 30.7 Å². The maximum absolute atomic E-state index is 12.5. The molecule has 3 aliphatic rings. The Bertz CT molecular complexity index is 1230. The smallest absolute Gasteiger partial charge is 0.410 e. The molecule has 202 valence electrons. The third-order valence-corrected chi connectivity index (χ3v) is 8.50. The summed E-state index contributed by atoms with van der Waals surface area (Å²) in [5.74, 6) is 0.655. The molecule has 0 aliphatic carbocycles. The molecule has 3 aliphatic heterocycles. The Morgan fingerprint density at radius 2 is 1.74 bits per heavy atom. The second kappa shape index (κ2) is 10.9. The highest BCUT2D eigenvalue weighted by atomic mass is 16.6. The molecular formula is C30H39N5O3. The predicted octanol–water partition coefficient (Wildman–Crippen LogP) is 4.64. The summed E-state index contributed by atoms with van der Waals surface area (Å²) in [5, 5.41) is 4.58. The Kier molecular flexibility index (Phi) is 7.26. The van der Waals surface area contributed by atoms with Crippen LogP contribution in [0.25, 0.3) is 16.6 Å². The molecule has 0 N–H and O–H groups in total. The van der Waals surface area contributed by atoms with Crippen LogP contribution in [0.1, 0.15) is 44.6 Å². The molecule has 2 aromatic heterocycles. The molecule has 3 fully saturated rings. The van der Waals surface area contributed by atoms with Crippen LogP contribution in [0.2, 0.25) is 0 Å². The van der Waals surface area contributed by atoms with E-state index < -0.39 is 0 Å². The average molecular weight is 518 g/mol. The number of hydrogen-bond acceptors (Lipinski definition) is 6. The fourth-order valence-corrected chi connectivity index (χ4v) is 6.08. The number of hydrogen-bond donors (Lipinski definition) is 0. The molecule has 38 heavy (non-hydrogen) atoms. The average Bonchev–Trinajstić information content (AvgIpc) is 3.63. The van der Waals surface area contributed by atoms with Gasteiger partial charge < -0.3 is 24.2 Å². The van der Waals surface area contributed by atoms with Gasteiger partial charge in [-0.25, -0.2) is 9.31 Å². The van der Waals surface area contributed by atoms with Crippen LogP contribution in [0, 0.1) is 0 Å². The number of piperidine rings is 1. The zero-order chi connectivity index (χ0) is 26.1. The Hall–Kier alpha value is -3.10. The van der Waals surface area contributed by atoms with Crippen molar-refractivity contribution in [2.45, 2.75) is 51.2 Å².